The molecule has 0 aliphatic carbocycles. The molecule has 0 bridgehead atoms. The van der Waals surface area contributed by atoms with Crippen molar-refractivity contribution in [2.24, 2.45) is 0 Å². The van der Waals surface area contributed by atoms with Gasteiger partial charge in [0.05, 0.1) is 5.57 Å². The Morgan fingerprint density at radius 3 is 1.24 bits per heavy atom. The normalized spacial score (nSPS) is 17.4. The molecule has 21 heavy (non-hydrogen) atoms. The summed E-state index contributed by atoms with van der Waals surface area (Å²) in [5.41, 5.74) is -6.86. The molecule has 0 saturated heterocycles. The van der Waals surface area contributed by atoms with Gasteiger partial charge in [-0.1, -0.05) is 6.92 Å². The van der Waals surface area contributed by atoms with E-state index in [1.54, 1.807) is 0 Å². The quantitative estimate of drug-likeness (QED) is 0.511. The number of hydrogen-bond donors (Lipinski definition) is 0. The molecule has 0 heterocycles. The smallest absolute Gasteiger partial charge is 0.226 e. The molecule has 0 spiro atoms. The van der Waals surface area contributed by atoms with Gasteiger partial charge in [0.2, 0.25) is 0 Å². The van der Waals surface area contributed by atoms with Crippen molar-refractivity contribution < 1.29 is 48.3 Å². The second-order valence-electron chi connectivity index (χ2n) is 3.91. The molecule has 0 nitrogen and oxygen atoms in total. The molecule has 0 saturated carbocycles. The van der Waals surface area contributed by atoms with Crippen molar-refractivity contribution in [3.8, 4) is 0 Å². The van der Waals surface area contributed by atoms with Crippen LogP contribution in [-0.4, -0.2) is 24.2 Å². The van der Waals surface area contributed by atoms with Gasteiger partial charge < -0.3 is 0 Å². The van der Waals surface area contributed by atoms with Gasteiger partial charge in [-0.2, -0.15) is 39.5 Å². The molecule has 0 aromatic carbocycles. The van der Waals surface area contributed by atoms with Crippen molar-refractivity contribution in [3.63, 3.8) is 0 Å². The van der Waals surface area contributed by atoms with Gasteiger partial charge in [0.15, 0.2) is 5.83 Å². The van der Waals surface area contributed by atoms with Gasteiger partial charge in [0.1, 0.15) is 0 Å². The van der Waals surface area contributed by atoms with Gasteiger partial charge in [0, 0.05) is 6.42 Å². The van der Waals surface area contributed by atoms with E-state index < -0.39 is 42.0 Å². The minimum Gasteiger partial charge on any atom is -0.226 e. The van der Waals surface area contributed by atoms with E-state index in [9.17, 15) is 48.3 Å². The van der Waals surface area contributed by atoms with Gasteiger partial charge >= 0.3 is 18.5 Å². The van der Waals surface area contributed by atoms with Crippen LogP contribution in [0.25, 0.3) is 0 Å². The van der Waals surface area contributed by atoms with E-state index in [0.717, 1.165) is 6.92 Å². The van der Waals surface area contributed by atoms with E-state index in [1.807, 2.05) is 0 Å². The summed E-state index contributed by atoms with van der Waals surface area (Å²) in [5, 5.41) is 0. The van der Waals surface area contributed by atoms with E-state index >= 15 is 0 Å². The van der Waals surface area contributed by atoms with Crippen LogP contribution in [0.3, 0.4) is 0 Å². The fraction of sp³-hybridized carbons (Fsp3) is 0.800. The summed E-state index contributed by atoms with van der Waals surface area (Å²) >= 11 is 0. The maximum absolute atomic E-state index is 12.7. The minimum absolute atomic E-state index is 0.0406. The molecule has 0 rings (SSSR count). The van der Waals surface area contributed by atoms with Crippen molar-refractivity contribution in [3.05, 3.63) is 11.4 Å². The van der Waals surface area contributed by atoms with Gasteiger partial charge in [-0.15, -0.1) is 0 Å². The Balaban J connectivity index is 0. The zero-order valence-corrected chi connectivity index (χ0v) is 10.9. The average molecular weight is 340 g/mol. The lowest BCUT2D eigenvalue weighted by Gasteiger charge is -2.23. The first-order chi connectivity index (χ1) is 8.88. The lowest BCUT2D eigenvalue weighted by atomic mass is 10.0. The van der Waals surface area contributed by atoms with Crippen molar-refractivity contribution >= 4 is 0 Å². The van der Waals surface area contributed by atoms with E-state index in [-0.39, 0.29) is 13.8 Å². The predicted octanol–water partition coefficient (Wildman–Crippen LogP) is 6.04. The van der Waals surface area contributed by atoms with Gasteiger partial charge in [0.25, 0.3) is 5.67 Å². The van der Waals surface area contributed by atoms with E-state index in [4.69, 9.17) is 0 Å². The lowest BCUT2D eigenvalue weighted by Crippen LogP contribution is -2.40. The Morgan fingerprint density at radius 1 is 0.810 bits per heavy atom. The van der Waals surface area contributed by atoms with Crippen LogP contribution in [0.5, 0.6) is 0 Å². The molecule has 0 radical (unpaired) electrons. The van der Waals surface area contributed by atoms with Gasteiger partial charge in [-0.25, -0.2) is 8.78 Å². The maximum Gasteiger partial charge on any atom is 0.428 e. The SMILES string of the molecule is C/C(=C(/F)C(C)(F)C(F)(F)F)C(F)(F)F.CCC(F)(F)F. The van der Waals surface area contributed by atoms with E-state index in [1.165, 1.54) is 0 Å². The van der Waals surface area contributed by atoms with Crippen LogP contribution in [-0.2, 0) is 0 Å². The third kappa shape index (κ3) is 7.51. The number of hydrogen-bond acceptors (Lipinski definition) is 0. The highest BCUT2D eigenvalue weighted by molar-refractivity contribution is 5.21. The number of halogens is 11. The largest absolute Gasteiger partial charge is 0.428 e. The fourth-order valence-electron chi connectivity index (χ4n) is 0.601. The van der Waals surface area contributed by atoms with E-state index in [0.29, 0.717) is 0 Å². The highest BCUT2D eigenvalue weighted by Gasteiger charge is 2.58. The summed E-state index contributed by atoms with van der Waals surface area (Å²) in [4.78, 5) is 0. The lowest BCUT2D eigenvalue weighted by molar-refractivity contribution is -0.216. The first-order valence-corrected chi connectivity index (χ1v) is 5.14. The third-order valence-corrected chi connectivity index (χ3v) is 2.10. The summed E-state index contributed by atoms with van der Waals surface area (Å²) in [6.45, 7) is 0.816. The van der Waals surface area contributed by atoms with Crippen LogP contribution in [0.2, 0.25) is 0 Å². The van der Waals surface area contributed by atoms with Crippen LogP contribution < -0.4 is 0 Å². The molecule has 128 valence electrons. The standard InChI is InChI=1S/C7H6F8.C3H5F3/c1-3(6(10,11)12)4(8)5(2,9)7(13,14)15;1-2-3(4,5)6/h1-2H3;2H2,1H3/b4-3-;. The zero-order valence-electron chi connectivity index (χ0n) is 10.9. The summed E-state index contributed by atoms with van der Waals surface area (Å²) in [7, 11) is 0. The Bertz CT molecular complexity index is 353. The van der Waals surface area contributed by atoms with E-state index in [2.05, 4.69) is 0 Å². The summed E-state index contributed by atoms with van der Waals surface area (Å²) < 4.78 is 129. The fourth-order valence-corrected chi connectivity index (χ4v) is 0.601. The molecular weight excluding hydrogens is 329 g/mol. The van der Waals surface area contributed by atoms with Crippen LogP contribution in [0.4, 0.5) is 48.3 Å². The molecule has 0 amide bonds. The number of rotatable bonds is 1. The Kier molecular flexibility index (Phi) is 7.23. The number of alkyl halides is 10. The van der Waals surface area contributed by atoms with Crippen LogP contribution in [0, 0.1) is 0 Å². The van der Waals surface area contributed by atoms with Crippen molar-refractivity contribution in [1.82, 2.24) is 0 Å². The highest BCUT2D eigenvalue weighted by Crippen LogP contribution is 2.43. The Morgan fingerprint density at radius 2 is 1.10 bits per heavy atom. The maximum atomic E-state index is 12.7. The second-order valence-corrected chi connectivity index (χ2v) is 3.91. The molecule has 0 fully saturated rings. The minimum atomic E-state index is -5.73. The molecule has 0 aliphatic rings. The molecular formula is C10H11F11. The Labute approximate surface area is 112 Å². The van der Waals surface area contributed by atoms with Gasteiger partial charge in [-0.3, -0.25) is 0 Å². The van der Waals surface area contributed by atoms with Crippen LogP contribution >= 0.6 is 0 Å². The zero-order chi connectivity index (χ0) is 17.9. The molecule has 0 N–H and O–H groups in total. The molecule has 11 heteroatoms. The molecule has 1 atom stereocenters. The summed E-state index contributed by atoms with van der Waals surface area (Å²) in [6.07, 6.45) is -15.8. The van der Waals surface area contributed by atoms with Crippen LogP contribution in [0.15, 0.2) is 11.4 Å². The third-order valence-electron chi connectivity index (χ3n) is 2.10. The molecule has 1 unspecified atom stereocenters. The summed E-state index contributed by atoms with van der Waals surface area (Å²) in [6, 6.07) is 0. The highest BCUT2D eigenvalue weighted by atomic mass is 19.4. The molecule has 0 aromatic rings. The molecule has 0 aliphatic heterocycles. The van der Waals surface area contributed by atoms with Crippen molar-refractivity contribution in [1.29, 1.82) is 0 Å². The second kappa shape index (κ2) is 6.82. The predicted molar refractivity (Wildman–Crippen MR) is 51.8 cm³/mol. The van der Waals surface area contributed by atoms with Crippen molar-refractivity contribution in [2.45, 2.75) is 51.4 Å². The average Bonchev–Trinajstić information content (AvgIpc) is 2.24. The van der Waals surface area contributed by atoms with Crippen molar-refractivity contribution in [2.75, 3.05) is 0 Å². The Hall–Kier alpha value is -1.03. The topological polar surface area (TPSA) is 0 Å². The van der Waals surface area contributed by atoms with Crippen LogP contribution in [0.1, 0.15) is 27.2 Å². The molecule has 0 aromatic heterocycles. The monoisotopic (exact) mass is 340 g/mol. The van der Waals surface area contributed by atoms with Gasteiger partial charge in [-0.05, 0) is 13.8 Å². The number of allylic oxidation sites excluding steroid dienone is 2. The first-order valence-electron chi connectivity index (χ1n) is 5.14. The first kappa shape index (κ1) is 22.3. The summed E-state index contributed by atoms with van der Waals surface area (Å²) in [5.74, 6) is -2.87.